The van der Waals surface area contributed by atoms with Crippen molar-refractivity contribution in [3.63, 3.8) is 0 Å². The van der Waals surface area contributed by atoms with Gasteiger partial charge in [-0.1, -0.05) is 23.7 Å². The number of piperidine rings is 1. The summed E-state index contributed by atoms with van der Waals surface area (Å²) in [5.74, 6) is 0. The topological polar surface area (TPSA) is 49.9 Å². The first-order chi connectivity index (χ1) is 10.6. The fraction of sp³-hybridized carbons (Fsp3) is 0.600. The molecule has 0 aromatic heterocycles. The van der Waals surface area contributed by atoms with Crippen molar-refractivity contribution in [1.82, 2.24) is 9.21 Å². The van der Waals surface area contributed by atoms with Gasteiger partial charge in [-0.2, -0.15) is 4.31 Å². The summed E-state index contributed by atoms with van der Waals surface area (Å²) in [6, 6.07) is 7.10. The average Bonchev–Trinajstić information content (AvgIpc) is 2.56. The molecule has 8 heteroatoms. The molecule has 0 bridgehead atoms. The Hall–Kier alpha value is -0.370. The molecule has 0 aliphatic carbocycles. The van der Waals surface area contributed by atoms with Gasteiger partial charge in [0.15, 0.2) is 0 Å². The predicted octanol–water partition coefficient (Wildman–Crippen LogP) is 2.25. The van der Waals surface area contributed by atoms with E-state index in [-0.39, 0.29) is 22.3 Å². The first-order valence-corrected chi connectivity index (χ1v) is 9.47. The lowest BCUT2D eigenvalue weighted by atomic mass is 10.0. The van der Waals surface area contributed by atoms with E-state index in [1.807, 2.05) is 0 Å². The molecule has 0 N–H and O–H groups in total. The molecule has 0 amide bonds. The number of halogens is 2. The smallest absolute Gasteiger partial charge is 0.244 e. The SMILES string of the molecule is Cl.O=S(=O)(c1ccccc1Cl)N1CCC(N2CCOCC2)CC1. The first-order valence-electron chi connectivity index (χ1n) is 7.65. The van der Waals surface area contributed by atoms with Crippen LogP contribution in [0.5, 0.6) is 0 Å². The highest BCUT2D eigenvalue weighted by atomic mass is 35.5. The molecule has 1 aromatic rings. The van der Waals surface area contributed by atoms with Gasteiger partial charge < -0.3 is 4.74 Å². The molecule has 1 aromatic carbocycles. The molecule has 0 saturated carbocycles. The van der Waals surface area contributed by atoms with Crippen LogP contribution in [0.25, 0.3) is 0 Å². The number of hydrogen-bond acceptors (Lipinski definition) is 4. The summed E-state index contributed by atoms with van der Waals surface area (Å²) in [5, 5.41) is 0.290. The fourth-order valence-electron chi connectivity index (χ4n) is 3.18. The van der Waals surface area contributed by atoms with Crippen LogP contribution >= 0.6 is 24.0 Å². The largest absolute Gasteiger partial charge is 0.379 e. The van der Waals surface area contributed by atoms with Crippen LogP contribution in [0.3, 0.4) is 0 Å². The lowest BCUT2D eigenvalue weighted by Gasteiger charge is -2.39. The van der Waals surface area contributed by atoms with E-state index in [4.69, 9.17) is 16.3 Å². The molecule has 2 aliphatic rings. The number of nitrogens with zero attached hydrogens (tertiary/aromatic N) is 2. The zero-order chi connectivity index (χ0) is 15.6. The van der Waals surface area contributed by atoms with Crippen LogP contribution in [0, 0.1) is 0 Å². The molecule has 5 nitrogen and oxygen atoms in total. The second-order valence-corrected chi connectivity index (χ2v) is 8.03. The first kappa shape index (κ1) is 19.0. The second-order valence-electron chi connectivity index (χ2n) is 5.71. The standard InChI is InChI=1S/C15H21ClN2O3S.ClH/c16-14-3-1-2-4-15(14)22(19,20)18-7-5-13(6-8-18)17-9-11-21-12-10-17;/h1-4,13H,5-12H2;1H. The van der Waals surface area contributed by atoms with Crippen molar-refractivity contribution in [2.45, 2.75) is 23.8 Å². The van der Waals surface area contributed by atoms with E-state index < -0.39 is 10.0 Å². The van der Waals surface area contributed by atoms with E-state index in [1.54, 1.807) is 28.6 Å². The molecule has 2 heterocycles. The van der Waals surface area contributed by atoms with Gasteiger partial charge in [0, 0.05) is 32.2 Å². The summed E-state index contributed by atoms with van der Waals surface area (Å²) in [6.07, 6.45) is 1.73. The maximum Gasteiger partial charge on any atom is 0.244 e. The molecule has 0 atom stereocenters. The molecule has 3 rings (SSSR count). The van der Waals surface area contributed by atoms with E-state index in [1.165, 1.54) is 0 Å². The van der Waals surface area contributed by atoms with Gasteiger partial charge in [-0.25, -0.2) is 8.42 Å². The molecule has 2 aliphatic heterocycles. The van der Waals surface area contributed by atoms with Crippen molar-refractivity contribution in [2.75, 3.05) is 39.4 Å². The molecule has 0 spiro atoms. The Morgan fingerprint density at radius 1 is 1.04 bits per heavy atom. The number of rotatable bonds is 3. The third kappa shape index (κ3) is 4.18. The summed E-state index contributed by atoms with van der Waals surface area (Å²) >= 11 is 6.05. The molecule has 0 unspecified atom stereocenters. The lowest BCUT2D eigenvalue weighted by Crippen LogP contribution is -2.50. The zero-order valence-electron chi connectivity index (χ0n) is 12.9. The van der Waals surface area contributed by atoms with Crippen LogP contribution in [0.4, 0.5) is 0 Å². The molecule has 0 radical (unpaired) electrons. The van der Waals surface area contributed by atoms with Crippen molar-refractivity contribution in [2.24, 2.45) is 0 Å². The number of benzene rings is 1. The van der Waals surface area contributed by atoms with Crippen molar-refractivity contribution in [3.05, 3.63) is 29.3 Å². The van der Waals surface area contributed by atoms with Crippen LogP contribution in [0.2, 0.25) is 5.02 Å². The van der Waals surface area contributed by atoms with Gasteiger partial charge in [0.2, 0.25) is 10.0 Å². The van der Waals surface area contributed by atoms with Gasteiger partial charge in [-0.15, -0.1) is 12.4 Å². The fourth-order valence-corrected chi connectivity index (χ4v) is 5.15. The van der Waals surface area contributed by atoms with Crippen molar-refractivity contribution >= 4 is 34.0 Å². The predicted molar refractivity (Wildman–Crippen MR) is 92.9 cm³/mol. The number of hydrogen-bond donors (Lipinski definition) is 0. The average molecular weight is 381 g/mol. The minimum Gasteiger partial charge on any atom is -0.379 e. The summed E-state index contributed by atoms with van der Waals surface area (Å²) < 4.78 is 32.3. The monoisotopic (exact) mass is 380 g/mol. The Bertz CT molecular complexity index is 613. The van der Waals surface area contributed by atoms with Gasteiger partial charge in [0.1, 0.15) is 4.90 Å². The second kappa shape index (κ2) is 8.14. The summed E-state index contributed by atoms with van der Waals surface area (Å²) in [7, 11) is -3.49. The quantitative estimate of drug-likeness (QED) is 0.806. The maximum absolute atomic E-state index is 12.7. The summed E-state index contributed by atoms with van der Waals surface area (Å²) in [6.45, 7) is 4.55. The molecule has 23 heavy (non-hydrogen) atoms. The van der Waals surface area contributed by atoms with E-state index in [9.17, 15) is 8.42 Å². The molecular weight excluding hydrogens is 359 g/mol. The highest BCUT2D eigenvalue weighted by Gasteiger charge is 2.32. The van der Waals surface area contributed by atoms with Crippen molar-refractivity contribution in [3.8, 4) is 0 Å². The van der Waals surface area contributed by atoms with Crippen LogP contribution in [0.1, 0.15) is 12.8 Å². The minimum atomic E-state index is -3.49. The Balaban J connectivity index is 0.00000192. The third-order valence-corrected chi connectivity index (χ3v) is 6.84. The third-order valence-electron chi connectivity index (χ3n) is 4.44. The van der Waals surface area contributed by atoms with Crippen LogP contribution < -0.4 is 0 Å². The minimum absolute atomic E-state index is 0. The maximum atomic E-state index is 12.7. The Morgan fingerprint density at radius 3 is 2.26 bits per heavy atom. The number of morpholine rings is 1. The normalized spacial score (nSPS) is 21.8. The lowest BCUT2D eigenvalue weighted by molar-refractivity contribution is 0.00610. The molecule has 2 saturated heterocycles. The van der Waals surface area contributed by atoms with E-state index in [0.717, 1.165) is 39.1 Å². The van der Waals surface area contributed by atoms with Gasteiger partial charge >= 0.3 is 0 Å². The van der Waals surface area contributed by atoms with Gasteiger partial charge in [0.25, 0.3) is 0 Å². The van der Waals surface area contributed by atoms with Crippen LogP contribution in [-0.4, -0.2) is 63.1 Å². The van der Waals surface area contributed by atoms with Crippen molar-refractivity contribution in [1.29, 1.82) is 0 Å². The highest BCUT2D eigenvalue weighted by Crippen LogP contribution is 2.27. The van der Waals surface area contributed by atoms with Gasteiger partial charge in [-0.3, -0.25) is 4.90 Å². The highest BCUT2D eigenvalue weighted by molar-refractivity contribution is 7.89. The summed E-state index contributed by atoms with van der Waals surface area (Å²) in [4.78, 5) is 2.63. The number of sulfonamides is 1. The number of ether oxygens (including phenoxy) is 1. The van der Waals surface area contributed by atoms with E-state index in [2.05, 4.69) is 4.90 Å². The molecule has 130 valence electrons. The van der Waals surface area contributed by atoms with Crippen molar-refractivity contribution < 1.29 is 13.2 Å². The molecule has 2 fully saturated rings. The van der Waals surface area contributed by atoms with Gasteiger partial charge in [0.05, 0.1) is 18.2 Å². The van der Waals surface area contributed by atoms with Crippen LogP contribution in [0.15, 0.2) is 29.2 Å². The van der Waals surface area contributed by atoms with E-state index >= 15 is 0 Å². The summed E-state index contributed by atoms with van der Waals surface area (Å²) in [5.41, 5.74) is 0. The molecular formula is C15H22Cl2N2O3S. The zero-order valence-corrected chi connectivity index (χ0v) is 15.2. The Kier molecular flexibility index (Phi) is 6.71. The van der Waals surface area contributed by atoms with Crippen LogP contribution in [-0.2, 0) is 14.8 Å². The van der Waals surface area contributed by atoms with Gasteiger partial charge in [-0.05, 0) is 25.0 Å². The van der Waals surface area contributed by atoms with E-state index in [0.29, 0.717) is 19.1 Å². The Labute approximate surface area is 149 Å². The Morgan fingerprint density at radius 2 is 1.65 bits per heavy atom.